The molecular formula is C11H10ClFN4OS. The normalized spacial score (nSPS) is 10.7. The molecule has 2 rings (SSSR count). The van der Waals surface area contributed by atoms with Crippen LogP contribution in [0.1, 0.15) is 5.69 Å². The molecule has 0 saturated carbocycles. The van der Waals surface area contributed by atoms with Crippen molar-refractivity contribution in [3.05, 3.63) is 39.0 Å². The van der Waals surface area contributed by atoms with E-state index in [0.717, 1.165) is 11.8 Å². The molecule has 100 valence electrons. The van der Waals surface area contributed by atoms with E-state index in [1.807, 2.05) is 0 Å². The number of nitrogens with zero attached hydrogens (tertiary/aromatic N) is 1. The number of anilines is 2. The maximum atomic E-state index is 14.0. The highest BCUT2D eigenvalue weighted by Crippen LogP contribution is 2.38. The third-order valence-electron chi connectivity index (χ3n) is 2.27. The Hall–Kier alpha value is -1.73. The first-order chi connectivity index (χ1) is 8.88. The lowest BCUT2D eigenvalue weighted by Gasteiger charge is -2.09. The molecule has 0 bridgehead atoms. The smallest absolute Gasteiger partial charge is 0.251 e. The molecule has 1 aromatic carbocycles. The van der Waals surface area contributed by atoms with Gasteiger partial charge in [0.1, 0.15) is 5.02 Å². The van der Waals surface area contributed by atoms with E-state index >= 15 is 0 Å². The Balaban J connectivity index is 2.49. The van der Waals surface area contributed by atoms with Gasteiger partial charge in [0.15, 0.2) is 11.0 Å². The van der Waals surface area contributed by atoms with Gasteiger partial charge in [-0.05, 0) is 24.8 Å². The van der Waals surface area contributed by atoms with Gasteiger partial charge in [0, 0.05) is 11.8 Å². The maximum Gasteiger partial charge on any atom is 0.251 e. The molecule has 0 spiro atoms. The first-order valence-corrected chi connectivity index (χ1v) is 6.36. The van der Waals surface area contributed by atoms with Crippen molar-refractivity contribution in [1.29, 1.82) is 0 Å². The summed E-state index contributed by atoms with van der Waals surface area (Å²) in [5, 5.41) is 0.0307. The zero-order chi connectivity index (χ0) is 14.2. The summed E-state index contributed by atoms with van der Waals surface area (Å²) in [6, 6.07) is 2.70. The topological polar surface area (TPSA) is 97.8 Å². The lowest BCUT2D eigenvalue weighted by molar-refractivity contribution is 0.604. The number of nitrogens with two attached hydrogens (primary N) is 2. The predicted molar refractivity (Wildman–Crippen MR) is 74.0 cm³/mol. The first-order valence-electron chi connectivity index (χ1n) is 5.17. The van der Waals surface area contributed by atoms with Crippen molar-refractivity contribution >= 4 is 34.7 Å². The van der Waals surface area contributed by atoms with Crippen LogP contribution in [0.15, 0.2) is 27.0 Å². The summed E-state index contributed by atoms with van der Waals surface area (Å²) in [5.74, 6) is -0.728. The van der Waals surface area contributed by atoms with Gasteiger partial charge in [-0.25, -0.2) is 9.37 Å². The minimum Gasteiger partial charge on any atom is -0.398 e. The fourth-order valence-corrected chi connectivity index (χ4v) is 2.56. The molecule has 8 heteroatoms. The summed E-state index contributed by atoms with van der Waals surface area (Å²) < 4.78 is 14.0. The first kappa shape index (κ1) is 13.7. The van der Waals surface area contributed by atoms with Gasteiger partial charge >= 0.3 is 0 Å². The number of nitrogen functional groups attached to an aromatic ring is 2. The fraction of sp³-hybridized carbons (Fsp3) is 0.0909. The van der Waals surface area contributed by atoms with Crippen LogP contribution in [0.25, 0.3) is 0 Å². The zero-order valence-corrected chi connectivity index (χ0v) is 11.4. The van der Waals surface area contributed by atoms with Crippen molar-refractivity contribution in [3.8, 4) is 0 Å². The molecular weight excluding hydrogens is 291 g/mol. The Morgan fingerprint density at radius 3 is 2.68 bits per heavy atom. The third-order valence-corrected chi connectivity index (χ3v) is 3.66. The van der Waals surface area contributed by atoms with Crippen molar-refractivity contribution in [1.82, 2.24) is 9.97 Å². The molecule has 0 atom stereocenters. The fourth-order valence-electron chi connectivity index (χ4n) is 1.45. The van der Waals surface area contributed by atoms with Crippen LogP contribution in [-0.4, -0.2) is 9.97 Å². The maximum absolute atomic E-state index is 14.0. The number of rotatable bonds is 2. The van der Waals surface area contributed by atoms with Crippen LogP contribution in [0.4, 0.5) is 15.8 Å². The SMILES string of the molecule is Cc1cc(=O)[nH]c(Sc2c(N)cc(N)c(Cl)c2F)n1. The minimum absolute atomic E-state index is 0.0618. The molecule has 0 fully saturated rings. The Kier molecular flexibility index (Phi) is 3.68. The van der Waals surface area contributed by atoms with E-state index in [9.17, 15) is 9.18 Å². The van der Waals surface area contributed by atoms with Gasteiger partial charge in [-0.15, -0.1) is 0 Å². The highest BCUT2D eigenvalue weighted by molar-refractivity contribution is 7.99. The number of aryl methyl sites for hydroxylation is 1. The minimum atomic E-state index is -0.728. The number of aromatic amines is 1. The van der Waals surface area contributed by atoms with Crippen molar-refractivity contribution < 1.29 is 4.39 Å². The van der Waals surface area contributed by atoms with Gasteiger partial charge < -0.3 is 16.5 Å². The summed E-state index contributed by atoms with van der Waals surface area (Å²) >= 11 is 6.61. The highest BCUT2D eigenvalue weighted by Gasteiger charge is 2.16. The van der Waals surface area contributed by atoms with Crippen LogP contribution in [0.5, 0.6) is 0 Å². The van der Waals surface area contributed by atoms with Gasteiger partial charge in [0.25, 0.3) is 5.56 Å². The Morgan fingerprint density at radius 2 is 2.05 bits per heavy atom. The largest absolute Gasteiger partial charge is 0.398 e. The van der Waals surface area contributed by atoms with E-state index < -0.39 is 5.82 Å². The summed E-state index contributed by atoms with van der Waals surface area (Å²) in [6.45, 7) is 1.66. The molecule has 0 aliphatic rings. The second kappa shape index (κ2) is 5.10. The quantitative estimate of drug-likeness (QED) is 0.583. The third kappa shape index (κ3) is 2.82. The molecule has 2 aromatic rings. The van der Waals surface area contributed by atoms with E-state index in [0.29, 0.717) is 5.69 Å². The molecule has 5 N–H and O–H groups in total. The number of benzene rings is 1. The zero-order valence-electron chi connectivity index (χ0n) is 9.83. The summed E-state index contributed by atoms with van der Waals surface area (Å²) in [5.41, 5.74) is 11.6. The van der Waals surface area contributed by atoms with Crippen LogP contribution in [0.2, 0.25) is 5.02 Å². The van der Waals surface area contributed by atoms with Crippen LogP contribution < -0.4 is 17.0 Å². The molecule has 0 saturated heterocycles. The molecule has 0 aliphatic heterocycles. The van der Waals surface area contributed by atoms with Crippen molar-refractivity contribution in [3.63, 3.8) is 0 Å². The second-order valence-corrected chi connectivity index (χ2v) is 5.18. The molecule has 1 heterocycles. The van der Waals surface area contributed by atoms with Crippen LogP contribution >= 0.6 is 23.4 Å². The number of hydrogen-bond acceptors (Lipinski definition) is 5. The average Bonchev–Trinajstić information content (AvgIpc) is 2.31. The van der Waals surface area contributed by atoms with Crippen molar-refractivity contribution in [2.24, 2.45) is 0 Å². The summed E-state index contributed by atoms with van der Waals surface area (Å²) in [4.78, 5) is 17.9. The van der Waals surface area contributed by atoms with Crippen molar-refractivity contribution in [2.75, 3.05) is 11.5 Å². The lowest BCUT2D eigenvalue weighted by atomic mass is 10.3. The summed E-state index contributed by atoms with van der Waals surface area (Å²) in [7, 11) is 0. The molecule has 5 nitrogen and oxygen atoms in total. The average molecular weight is 301 g/mol. The van der Waals surface area contributed by atoms with Crippen molar-refractivity contribution in [2.45, 2.75) is 17.0 Å². The molecule has 1 aromatic heterocycles. The van der Waals surface area contributed by atoms with E-state index in [4.69, 9.17) is 23.1 Å². The second-order valence-electron chi connectivity index (χ2n) is 3.81. The Bertz CT molecular complexity index is 704. The van der Waals surface area contributed by atoms with E-state index in [1.54, 1.807) is 6.92 Å². The van der Waals surface area contributed by atoms with Crippen LogP contribution in [-0.2, 0) is 0 Å². The van der Waals surface area contributed by atoms with Gasteiger partial charge in [0.2, 0.25) is 0 Å². The van der Waals surface area contributed by atoms with Crippen LogP contribution in [0, 0.1) is 12.7 Å². The molecule has 0 unspecified atom stereocenters. The van der Waals surface area contributed by atoms with Gasteiger partial charge in [-0.2, -0.15) is 0 Å². The predicted octanol–water partition coefficient (Wildman–Crippen LogP) is 2.19. The number of nitrogens with one attached hydrogen (secondary N) is 1. The van der Waals surface area contributed by atoms with E-state index in [-0.39, 0.29) is 32.0 Å². The lowest BCUT2D eigenvalue weighted by Crippen LogP contribution is -2.08. The van der Waals surface area contributed by atoms with Gasteiger partial charge in [0.05, 0.1) is 16.3 Å². The van der Waals surface area contributed by atoms with Gasteiger partial charge in [-0.3, -0.25) is 4.79 Å². The standard InChI is InChI=1S/C11H10ClFN4OS/c1-4-2-7(18)17-11(16-4)19-10-6(15)3-5(14)8(12)9(10)13/h2-3H,14-15H2,1H3,(H,16,17,18). The molecule has 0 amide bonds. The summed E-state index contributed by atoms with van der Waals surface area (Å²) in [6.07, 6.45) is 0. The van der Waals surface area contributed by atoms with E-state index in [1.165, 1.54) is 12.1 Å². The van der Waals surface area contributed by atoms with E-state index in [2.05, 4.69) is 9.97 Å². The Morgan fingerprint density at radius 1 is 1.37 bits per heavy atom. The monoisotopic (exact) mass is 300 g/mol. The molecule has 0 aliphatic carbocycles. The Labute approximate surface area is 117 Å². The van der Waals surface area contributed by atoms with Gasteiger partial charge in [-0.1, -0.05) is 11.6 Å². The number of H-pyrrole nitrogens is 1. The number of halogens is 2. The number of hydrogen-bond donors (Lipinski definition) is 3. The molecule has 0 radical (unpaired) electrons. The highest BCUT2D eigenvalue weighted by atomic mass is 35.5. The molecule has 19 heavy (non-hydrogen) atoms. The van der Waals surface area contributed by atoms with Crippen LogP contribution in [0.3, 0.4) is 0 Å². The number of aromatic nitrogens is 2.